The summed E-state index contributed by atoms with van der Waals surface area (Å²) in [5.74, 6) is 6.46. The van der Waals surface area contributed by atoms with E-state index in [0.717, 1.165) is 5.56 Å². The minimum Gasteiger partial charge on any atom is -0.472 e. The summed E-state index contributed by atoms with van der Waals surface area (Å²) in [6.07, 6.45) is 3.26. The maximum atomic E-state index is 5.51. The Morgan fingerprint density at radius 1 is 1.31 bits per heavy atom. The van der Waals surface area contributed by atoms with Gasteiger partial charge in [-0.05, 0) is 6.07 Å². The van der Waals surface area contributed by atoms with E-state index in [-0.39, 0.29) is 5.95 Å². The number of anilines is 3. The van der Waals surface area contributed by atoms with Crippen molar-refractivity contribution in [1.82, 2.24) is 9.97 Å². The zero-order chi connectivity index (χ0) is 11.4. The molecule has 0 unspecified atom stereocenters. The van der Waals surface area contributed by atoms with Crippen LogP contribution in [0.5, 0.6) is 0 Å². The fourth-order valence-corrected chi connectivity index (χ4v) is 1.22. The molecular formula is C9H12N6O. The molecule has 0 aliphatic rings. The molecule has 0 aromatic carbocycles. The molecule has 0 atom stereocenters. The van der Waals surface area contributed by atoms with Crippen molar-refractivity contribution in [2.45, 2.75) is 6.54 Å². The SMILES string of the molecule is NNc1cc(NCc2ccoc2)nc(N)n1. The number of nitrogens with zero attached hydrogens (tertiary/aromatic N) is 2. The van der Waals surface area contributed by atoms with Crippen LogP contribution in [-0.4, -0.2) is 9.97 Å². The van der Waals surface area contributed by atoms with E-state index >= 15 is 0 Å². The van der Waals surface area contributed by atoms with Crippen LogP contribution in [0.1, 0.15) is 5.56 Å². The molecule has 0 spiro atoms. The minimum atomic E-state index is 0.158. The molecule has 0 aliphatic heterocycles. The largest absolute Gasteiger partial charge is 0.472 e. The van der Waals surface area contributed by atoms with Gasteiger partial charge >= 0.3 is 0 Å². The maximum absolute atomic E-state index is 5.51. The van der Waals surface area contributed by atoms with Crippen LogP contribution >= 0.6 is 0 Å². The molecule has 2 heterocycles. The molecule has 0 saturated heterocycles. The van der Waals surface area contributed by atoms with Crippen LogP contribution in [0.25, 0.3) is 0 Å². The van der Waals surface area contributed by atoms with Gasteiger partial charge in [0, 0.05) is 18.2 Å². The molecule has 0 saturated carbocycles. The van der Waals surface area contributed by atoms with Crippen LogP contribution in [0.2, 0.25) is 0 Å². The van der Waals surface area contributed by atoms with Crippen molar-refractivity contribution in [3.05, 3.63) is 30.2 Å². The molecule has 0 radical (unpaired) electrons. The molecule has 0 amide bonds. The third-order valence-corrected chi connectivity index (χ3v) is 1.95. The second kappa shape index (κ2) is 4.49. The van der Waals surface area contributed by atoms with Crippen molar-refractivity contribution in [3.8, 4) is 0 Å². The fourth-order valence-electron chi connectivity index (χ4n) is 1.22. The number of rotatable bonds is 4. The summed E-state index contributed by atoms with van der Waals surface area (Å²) in [5, 5.41) is 3.08. The molecule has 0 fully saturated rings. The van der Waals surface area contributed by atoms with E-state index in [1.165, 1.54) is 0 Å². The first kappa shape index (κ1) is 10.2. The highest BCUT2D eigenvalue weighted by atomic mass is 16.3. The van der Waals surface area contributed by atoms with Gasteiger partial charge in [-0.25, -0.2) is 5.84 Å². The van der Waals surface area contributed by atoms with Crippen LogP contribution < -0.4 is 22.3 Å². The van der Waals surface area contributed by atoms with Gasteiger partial charge in [0.25, 0.3) is 0 Å². The van der Waals surface area contributed by atoms with Gasteiger partial charge in [0.05, 0.1) is 12.5 Å². The summed E-state index contributed by atoms with van der Waals surface area (Å²) in [5.41, 5.74) is 8.93. The molecule has 16 heavy (non-hydrogen) atoms. The van der Waals surface area contributed by atoms with E-state index in [1.54, 1.807) is 18.6 Å². The van der Waals surface area contributed by atoms with Crippen LogP contribution in [0.3, 0.4) is 0 Å². The molecule has 0 aliphatic carbocycles. The van der Waals surface area contributed by atoms with Gasteiger partial charge in [-0.2, -0.15) is 9.97 Å². The first-order valence-electron chi connectivity index (χ1n) is 4.64. The molecule has 84 valence electrons. The summed E-state index contributed by atoms with van der Waals surface area (Å²) in [6, 6.07) is 3.52. The average molecular weight is 220 g/mol. The van der Waals surface area contributed by atoms with Crippen LogP contribution in [0.4, 0.5) is 17.6 Å². The highest BCUT2D eigenvalue weighted by molar-refractivity contribution is 5.50. The van der Waals surface area contributed by atoms with Crippen molar-refractivity contribution in [2.75, 3.05) is 16.5 Å². The first-order chi connectivity index (χ1) is 7.78. The third kappa shape index (κ3) is 2.39. The Morgan fingerprint density at radius 2 is 2.12 bits per heavy atom. The second-order valence-corrected chi connectivity index (χ2v) is 3.13. The van der Waals surface area contributed by atoms with Gasteiger partial charge in [0.2, 0.25) is 5.95 Å². The summed E-state index contributed by atoms with van der Waals surface area (Å²) >= 11 is 0. The standard InChI is InChI=1S/C9H12N6O/c10-9-13-7(3-8(14-9)15-11)12-4-6-1-2-16-5-6/h1-3,5H,4,11H2,(H4,10,12,13,14,15). The fraction of sp³-hybridized carbons (Fsp3) is 0.111. The Balaban J connectivity index is 2.06. The number of nitrogens with one attached hydrogen (secondary N) is 2. The highest BCUT2D eigenvalue weighted by Gasteiger charge is 2.01. The number of nitrogens with two attached hydrogens (primary N) is 2. The number of nitrogen functional groups attached to an aromatic ring is 2. The smallest absolute Gasteiger partial charge is 0.223 e. The van der Waals surface area contributed by atoms with Crippen molar-refractivity contribution in [3.63, 3.8) is 0 Å². The first-order valence-corrected chi connectivity index (χ1v) is 4.64. The lowest BCUT2D eigenvalue weighted by Gasteiger charge is -2.06. The molecule has 7 nitrogen and oxygen atoms in total. The molecule has 0 bridgehead atoms. The number of hydrogen-bond donors (Lipinski definition) is 4. The number of furan rings is 1. The van der Waals surface area contributed by atoms with Crippen molar-refractivity contribution >= 4 is 17.6 Å². The van der Waals surface area contributed by atoms with Gasteiger partial charge in [0.1, 0.15) is 11.6 Å². The van der Waals surface area contributed by atoms with Crippen molar-refractivity contribution < 1.29 is 4.42 Å². The predicted molar refractivity (Wildman–Crippen MR) is 60.3 cm³/mol. The van der Waals surface area contributed by atoms with E-state index in [9.17, 15) is 0 Å². The highest BCUT2D eigenvalue weighted by Crippen LogP contribution is 2.12. The number of hydrogen-bond acceptors (Lipinski definition) is 7. The Kier molecular flexibility index (Phi) is 2.88. The summed E-state index contributed by atoms with van der Waals surface area (Å²) in [4.78, 5) is 7.88. The topological polar surface area (TPSA) is 115 Å². The Bertz CT molecular complexity index is 455. The van der Waals surface area contributed by atoms with E-state index in [1.807, 2.05) is 6.07 Å². The molecular weight excluding hydrogens is 208 g/mol. The zero-order valence-corrected chi connectivity index (χ0v) is 8.47. The van der Waals surface area contributed by atoms with Gasteiger partial charge in [-0.15, -0.1) is 0 Å². The second-order valence-electron chi connectivity index (χ2n) is 3.13. The Morgan fingerprint density at radius 3 is 2.81 bits per heavy atom. The van der Waals surface area contributed by atoms with Crippen molar-refractivity contribution in [1.29, 1.82) is 0 Å². The average Bonchev–Trinajstić information content (AvgIpc) is 2.78. The van der Waals surface area contributed by atoms with E-state index in [2.05, 4.69) is 20.7 Å². The lowest BCUT2D eigenvalue weighted by molar-refractivity contribution is 0.564. The van der Waals surface area contributed by atoms with Gasteiger partial charge in [-0.3, -0.25) is 0 Å². The molecule has 6 N–H and O–H groups in total. The normalized spacial score (nSPS) is 10.1. The van der Waals surface area contributed by atoms with E-state index < -0.39 is 0 Å². The Labute approximate surface area is 91.8 Å². The van der Waals surface area contributed by atoms with Gasteiger partial charge < -0.3 is 20.9 Å². The summed E-state index contributed by atoms with van der Waals surface area (Å²) < 4.78 is 4.94. The third-order valence-electron chi connectivity index (χ3n) is 1.95. The summed E-state index contributed by atoms with van der Waals surface area (Å²) in [7, 11) is 0. The van der Waals surface area contributed by atoms with Crippen LogP contribution in [0.15, 0.2) is 29.1 Å². The summed E-state index contributed by atoms with van der Waals surface area (Å²) in [6.45, 7) is 0.594. The molecule has 2 aromatic heterocycles. The quantitative estimate of drug-likeness (QED) is 0.439. The number of aromatic nitrogens is 2. The molecule has 7 heteroatoms. The van der Waals surface area contributed by atoms with Gasteiger partial charge in [-0.1, -0.05) is 0 Å². The monoisotopic (exact) mass is 220 g/mol. The predicted octanol–water partition coefficient (Wildman–Crippen LogP) is 0.549. The van der Waals surface area contributed by atoms with E-state index in [4.69, 9.17) is 16.0 Å². The maximum Gasteiger partial charge on any atom is 0.223 e. The van der Waals surface area contributed by atoms with Crippen LogP contribution in [-0.2, 0) is 6.54 Å². The minimum absolute atomic E-state index is 0.158. The number of hydrazine groups is 1. The molecule has 2 rings (SSSR count). The van der Waals surface area contributed by atoms with Gasteiger partial charge in [0.15, 0.2) is 0 Å². The Hall–Kier alpha value is -2.28. The van der Waals surface area contributed by atoms with E-state index in [0.29, 0.717) is 18.2 Å². The molecule has 2 aromatic rings. The lowest BCUT2D eigenvalue weighted by atomic mass is 10.3. The lowest BCUT2D eigenvalue weighted by Crippen LogP contribution is -2.11. The van der Waals surface area contributed by atoms with Crippen molar-refractivity contribution in [2.24, 2.45) is 5.84 Å². The zero-order valence-electron chi connectivity index (χ0n) is 8.47. The van der Waals surface area contributed by atoms with Crippen LogP contribution in [0, 0.1) is 0 Å².